The van der Waals surface area contributed by atoms with Crippen LogP contribution in [0.1, 0.15) is 21.0 Å². The number of rotatable bonds is 2. The second-order valence-corrected chi connectivity index (χ2v) is 5.96. The maximum absolute atomic E-state index is 12.3. The van der Waals surface area contributed by atoms with Gasteiger partial charge >= 0.3 is 0 Å². The van der Waals surface area contributed by atoms with E-state index < -0.39 is 0 Å². The van der Waals surface area contributed by atoms with E-state index in [0.717, 1.165) is 20.3 Å². The van der Waals surface area contributed by atoms with Crippen LogP contribution >= 0.6 is 27.3 Å². The van der Waals surface area contributed by atoms with Crippen molar-refractivity contribution in [3.63, 3.8) is 0 Å². The molecule has 0 aliphatic carbocycles. The zero-order valence-electron chi connectivity index (χ0n) is 9.57. The van der Waals surface area contributed by atoms with Gasteiger partial charge < -0.3 is 4.42 Å². The third-order valence-electron chi connectivity index (χ3n) is 2.82. The van der Waals surface area contributed by atoms with Gasteiger partial charge in [0.05, 0.1) is 4.47 Å². The highest BCUT2D eigenvalue weighted by Gasteiger charge is 2.17. The minimum Gasteiger partial charge on any atom is -0.451 e. The van der Waals surface area contributed by atoms with E-state index in [2.05, 4.69) is 15.9 Å². The van der Waals surface area contributed by atoms with Crippen molar-refractivity contribution in [1.29, 1.82) is 0 Å². The summed E-state index contributed by atoms with van der Waals surface area (Å²) in [4.78, 5) is 13.3. The number of hydrogen-bond acceptors (Lipinski definition) is 3. The number of furan rings is 1. The molecule has 0 radical (unpaired) electrons. The molecule has 4 heteroatoms. The van der Waals surface area contributed by atoms with E-state index in [1.165, 1.54) is 0 Å². The van der Waals surface area contributed by atoms with Gasteiger partial charge in [-0.3, -0.25) is 4.79 Å². The number of halogens is 1. The third-order valence-corrected chi connectivity index (χ3v) is 4.29. The molecule has 0 N–H and O–H groups in total. The van der Waals surface area contributed by atoms with Crippen molar-refractivity contribution in [3.8, 4) is 0 Å². The van der Waals surface area contributed by atoms with Gasteiger partial charge in [-0.2, -0.15) is 0 Å². The molecule has 90 valence electrons. The minimum atomic E-state index is -0.0585. The Kier molecular flexibility index (Phi) is 2.84. The van der Waals surface area contributed by atoms with E-state index in [-0.39, 0.29) is 5.78 Å². The molecule has 0 spiro atoms. The molecule has 0 aliphatic rings. The van der Waals surface area contributed by atoms with Gasteiger partial charge in [0.2, 0.25) is 5.78 Å². The van der Waals surface area contributed by atoms with Crippen LogP contribution in [0.4, 0.5) is 0 Å². The van der Waals surface area contributed by atoms with Crippen LogP contribution in [-0.4, -0.2) is 5.78 Å². The van der Waals surface area contributed by atoms with Crippen LogP contribution in [0.2, 0.25) is 0 Å². The van der Waals surface area contributed by atoms with Gasteiger partial charge in [0, 0.05) is 15.8 Å². The number of carbonyl (C=O) groups is 1. The van der Waals surface area contributed by atoms with E-state index >= 15 is 0 Å². The second-order valence-electron chi connectivity index (χ2n) is 3.99. The first-order valence-corrected chi connectivity index (χ1v) is 7.11. The average molecular weight is 321 g/mol. The molecule has 2 aromatic heterocycles. The Bertz CT molecular complexity index is 739. The fourth-order valence-electron chi connectivity index (χ4n) is 1.89. The molecular weight excluding hydrogens is 312 g/mol. The molecule has 1 aromatic carbocycles. The van der Waals surface area contributed by atoms with Crippen molar-refractivity contribution in [2.24, 2.45) is 0 Å². The second kappa shape index (κ2) is 4.37. The predicted molar refractivity (Wildman–Crippen MR) is 76.4 cm³/mol. The molecule has 3 rings (SSSR count). The van der Waals surface area contributed by atoms with E-state index in [9.17, 15) is 4.79 Å². The largest absolute Gasteiger partial charge is 0.451 e. The average Bonchev–Trinajstić information content (AvgIpc) is 2.95. The Morgan fingerprint density at radius 1 is 1.33 bits per heavy atom. The quantitative estimate of drug-likeness (QED) is 0.635. The lowest BCUT2D eigenvalue weighted by Gasteiger charge is -1.95. The number of ketones is 1. The molecule has 0 atom stereocenters. The molecule has 0 bridgehead atoms. The third kappa shape index (κ3) is 1.82. The highest BCUT2D eigenvalue weighted by atomic mass is 79.9. The molecule has 0 fully saturated rings. The summed E-state index contributed by atoms with van der Waals surface area (Å²) < 4.78 is 6.51. The number of para-hydroxylation sites is 1. The SMILES string of the molecule is Cc1sccc1C(=O)c1cc2cccc(Br)c2o1. The molecule has 2 nitrogen and oxygen atoms in total. The van der Waals surface area contributed by atoms with E-state index in [0.29, 0.717) is 11.3 Å². The van der Waals surface area contributed by atoms with Crippen molar-refractivity contribution < 1.29 is 9.21 Å². The van der Waals surface area contributed by atoms with E-state index in [1.54, 1.807) is 17.4 Å². The van der Waals surface area contributed by atoms with Crippen LogP contribution in [-0.2, 0) is 0 Å². The van der Waals surface area contributed by atoms with Crippen LogP contribution in [0, 0.1) is 6.92 Å². The fraction of sp³-hybridized carbons (Fsp3) is 0.0714. The number of thiophene rings is 1. The van der Waals surface area contributed by atoms with Gasteiger partial charge in [0.25, 0.3) is 0 Å². The number of fused-ring (bicyclic) bond motifs is 1. The first kappa shape index (κ1) is 11.7. The van der Waals surface area contributed by atoms with Crippen molar-refractivity contribution >= 4 is 44.0 Å². The predicted octanol–water partition coefficient (Wildman–Crippen LogP) is 4.80. The summed E-state index contributed by atoms with van der Waals surface area (Å²) >= 11 is 4.99. The Hall–Kier alpha value is -1.39. The van der Waals surface area contributed by atoms with Crippen molar-refractivity contribution in [1.82, 2.24) is 0 Å². The topological polar surface area (TPSA) is 30.2 Å². The van der Waals surface area contributed by atoms with E-state index in [4.69, 9.17) is 4.42 Å². The normalized spacial score (nSPS) is 11.0. The summed E-state index contributed by atoms with van der Waals surface area (Å²) in [6.45, 7) is 1.94. The molecule has 2 heterocycles. The molecule has 0 saturated heterocycles. The van der Waals surface area contributed by atoms with Gasteiger partial charge in [-0.05, 0) is 46.4 Å². The number of hydrogen-bond donors (Lipinski definition) is 0. The lowest BCUT2D eigenvalue weighted by Crippen LogP contribution is -1.98. The standard InChI is InChI=1S/C14H9BrO2S/c1-8-10(5-6-18-8)13(16)12-7-9-3-2-4-11(15)14(9)17-12/h2-7H,1H3. The zero-order chi connectivity index (χ0) is 12.7. The summed E-state index contributed by atoms with van der Waals surface area (Å²) in [7, 11) is 0. The first-order chi connectivity index (χ1) is 8.66. The highest BCUT2D eigenvalue weighted by Crippen LogP contribution is 2.29. The van der Waals surface area contributed by atoms with E-state index in [1.807, 2.05) is 36.6 Å². The molecule has 0 amide bonds. The number of benzene rings is 1. The summed E-state index contributed by atoms with van der Waals surface area (Å²) in [6.07, 6.45) is 0. The van der Waals surface area contributed by atoms with Gasteiger partial charge in [-0.25, -0.2) is 0 Å². The fourth-order valence-corrected chi connectivity index (χ4v) is 3.05. The minimum absolute atomic E-state index is 0.0585. The van der Waals surface area contributed by atoms with Gasteiger partial charge in [-0.1, -0.05) is 12.1 Å². The summed E-state index contributed by atoms with van der Waals surface area (Å²) in [5.74, 6) is 0.329. The van der Waals surface area contributed by atoms with Crippen LogP contribution in [0.15, 0.2) is 44.6 Å². The Labute approximate surface area is 116 Å². The molecule has 0 saturated carbocycles. The van der Waals surface area contributed by atoms with Crippen LogP contribution in [0.5, 0.6) is 0 Å². The molecule has 3 aromatic rings. The Morgan fingerprint density at radius 3 is 2.83 bits per heavy atom. The van der Waals surface area contributed by atoms with Crippen LogP contribution in [0.25, 0.3) is 11.0 Å². The van der Waals surface area contributed by atoms with Crippen molar-refractivity contribution in [2.75, 3.05) is 0 Å². The molecule has 0 unspecified atom stereocenters. The Balaban J connectivity index is 2.13. The van der Waals surface area contributed by atoms with Crippen LogP contribution in [0.3, 0.4) is 0 Å². The Morgan fingerprint density at radius 2 is 2.17 bits per heavy atom. The van der Waals surface area contributed by atoms with Gasteiger partial charge in [0.1, 0.15) is 5.58 Å². The number of carbonyl (C=O) groups excluding carboxylic acids is 1. The van der Waals surface area contributed by atoms with Crippen molar-refractivity contribution in [3.05, 3.63) is 56.4 Å². The lowest BCUT2D eigenvalue weighted by atomic mass is 10.1. The molecular formula is C14H9BrO2S. The smallest absolute Gasteiger partial charge is 0.229 e. The maximum atomic E-state index is 12.3. The maximum Gasteiger partial charge on any atom is 0.229 e. The number of aryl methyl sites for hydroxylation is 1. The first-order valence-electron chi connectivity index (χ1n) is 5.43. The molecule has 0 aliphatic heterocycles. The zero-order valence-corrected chi connectivity index (χ0v) is 12.0. The summed E-state index contributed by atoms with van der Waals surface area (Å²) in [5.41, 5.74) is 1.43. The van der Waals surface area contributed by atoms with Crippen LogP contribution < -0.4 is 0 Å². The highest BCUT2D eigenvalue weighted by molar-refractivity contribution is 9.10. The summed E-state index contributed by atoms with van der Waals surface area (Å²) in [6, 6.07) is 9.38. The molecule has 18 heavy (non-hydrogen) atoms. The summed E-state index contributed by atoms with van der Waals surface area (Å²) in [5, 5.41) is 2.85. The lowest BCUT2D eigenvalue weighted by molar-refractivity contribution is 0.101. The van der Waals surface area contributed by atoms with Gasteiger partial charge in [0.15, 0.2) is 5.76 Å². The monoisotopic (exact) mass is 320 g/mol. The van der Waals surface area contributed by atoms with Crippen molar-refractivity contribution in [2.45, 2.75) is 6.92 Å². The van der Waals surface area contributed by atoms with Gasteiger partial charge in [-0.15, -0.1) is 11.3 Å².